The normalized spacial score (nSPS) is 67.5. The van der Waals surface area contributed by atoms with Crippen molar-refractivity contribution < 1.29 is 0 Å². The summed E-state index contributed by atoms with van der Waals surface area (Å²) in [5.41, 5.74) is 0.786. The van der Waals surface area contributed by atoms with Crippen molar-refractivity contribution in [1.82, 2.24) is 13.9 Å². The van der Waals surface area contributed by atoms with Crippen molar-refractivity contribution in [2.75, 3.05) is 0 Å². The van der Waals surface area contributed by atoms with E-state index in [1.54, 1.807) is 7.05 Å². The van der Waals surface area contributed by atoms with E-state index in [2.05, 4.69) is 0 Å². The van der Waals surface area contributed by atoms with E-state index in [9.17, 15) is 9.59 Å². The molecule has 0 radical (unpaired) electrons. The lowest BCUT2D eigenvalue weighted by molar-refractivity contribution is -0.0268. The van der Waals surface area contributed by atoms with Crippen LogP contribution in [0.4, 0.5) is 0 Å². The lowest BCUT2D eigenvalue weighted by atomic mass is 9.65. The summed E-state index contributed by atoms with van der Waals surface area (Å²) in [7, 11) is 1.66. The van der Waals surface area contributed by atoms with Crippen molar-refractivity contribution in [2.24, 2.45) is 53.4 Å². The van der Waals surface area contributed by atoms with Crippen LogP contribution in [0.1, 0.15) is 31.3 Å². The summed E-state index contributed by atoms with van der Waals surface area (Å²) in [6.07, 6.45) is 4.18. The summed E-state index contributed by atoms with van der Waals surface area (Å²) >= 11 is 0. The molecule has 0 N–H and O–H groups in total. The molecule has 0 saturated heterocycles. The molecule has 1 aromatic heterocycles. The molecule has 21 heavy (non-hydrogen) atoms. The van der Waals surface area contributed by atoms with Crippen LogP contribution in [0.2, 0.25) is 0 Å². The first-order valence-corrected chi connectivity index (χ1v) is 8.54. The summed E-state index contributed by atoms with van der Waals surface area (Å²) in [6.45, 7) is 0. The maximum absolute atomic E-state index is 12.6. The molecular formula is C16H17N3O2. The second-order valence-corrected chi connectivity index (χ2v) is 9.16. The first-order chi connectivity index (χ1) is 10.1. The summed E-state index contributed by atoms with van der Waals surface area (Å²) in [6, 6.07) is 0.760. The highest BCUT2D eigenvalue weighted by Crippen LogP contribution is 3.06. The number of fused-ring (bicyclic) bond motifs is 1. The van der Waals surface area contributed by atoms with Gasteiger partial charge in [-0.2, -0.15) is 0 Å². The van der Waals surface area contributed by atoms with Gasteiger partial charge in [0.25, 0.3) is 0 Å². The van der Waals surface area contributed by atoms with Gasteiger partial charge >= 0.3 is 11.4 Å². The van der Waals surface area contributed by atoms with Gasteiger partial charge in [0.15, 0.2) is 0 Å². The van der Waals surface area contributed by atoms with E-state index >= 15 is 0 Å². The zero-order chi connectivity index (χ0) is 13.6. The number of hydrogen-bond acceptors (Lipinski definition) is 2. The summed E-state index contributed by atoms with van der Waals surface area (Å²) < 4.78 is 5.22. The third-order valence-corrected chi connectivity index (χ3v) is 9.25. The Morgan fingerprint density at radius 3 is 1.95 bits per heavy atom. The van der Waals surface area contributed by atoms with Gasteiger partial charge in [0, 0.05) is 17.9 Å². The Morgan fingerprint density at radius 2 is 1.43 bits per heavy atom. The molecule has 2 aliphatic heterocycles. The summed E-state index contributed by atoms with van der Waals surface area (Å²) in [4.78, 5) is 25.3. The van der Waals surface area contributed by atoms with E-state index in [1.165, 1.54) is 23.8 Å². The fourth-order valence-corrected chi connectivity index (χ4v) is 9.04. The van der Waals surface area contributed by atoms with Gasteiger partial charge in [-0.25, -0.2) is 23.5 Å². The van der Waals surface area contributed by atoms with Crippen LogP contribution in [0, 0.1) is 46.3 Å². The summed E-state index contributed by atoms with van der Waals surface area (Å²) in [5.74, 6) is 5.15. The van der Waals surface area contributed by atoms with E-state index in [4.69, 9.17) is 0 Å². The molecule has 2 spiro atoms. The number of aromatic nitrogens is 3. The number of nitrogens with zero attached hydrogens (tertiary/aromatic N) is 3. The highest BCUT2D eigenvalue weighted by Gasteiger charge is 3.04. The lowest BCUT2D eigenvalue weighted by Crippen LogP contribution is -2.53. The van der Waals surface area contributed by atoms with Crippen molar-refractivity contribution in [1.29, 1.82) is 0 Å². The predicted octanol–water partition coefficient (Wildman–Crippen LogP) is 0.366. The molecule has 2 bridgehead atoms. The molecule has 8 atom stereocenters. The second kappa shape index (κ2) is 2.12. The van der Waals surface area contributed by atoms with Gasteiger partial charge in [0.05, 0.1) is 12.1 Å². The maximum atomic E-state index is 12.6. The third kappa shape index (κ3) is 0.573. The molecule has 6 fully saturated rings. The molecule has 9 rings (SSSR count). The third-order valence-electron chi connectivity index (χ3n) is 9.25. The van der Waals surface area contributed by atoms with Crippen LogP contribution < -0.4 is 11.4 Å². The Balaban J connectivity index is 1.55. The quantitative estimate of drug-likeness (QED) is 0.690. The average molecular weight is 283 g/mol. The molecule has 5 nitrogen and oxygen atoms in total. The van der Waals surface area contributed by atoms with Gasteiger partial charge in [-0.3, -0.25) is 0 Å². The van der Waals surface area contributed by atoms with Gasteiger partial charge in [-0.15, -0.1) is 0 Å². The van der Waals surface area contributed by atoms with Crippen LogP contribution in [0.25, 0.3) is 0 Å². The molecular weight excluding hydrogens is 266 g/mol. The molecule has 1 aromatic rings. The van der Waals surface area contributed by atoms with E-state index in [0.717, 1.165) is 35.5 Å². The van der Waals surface area contributed by atoms with Crippen LogP contribution in [-0.4, -0.2) is 13.9 Å². The minimum Gasteiger partial charge on any atom is -0.246 e. The predicted molar refractivity (Wildman–Crippen MR) is 71.7 cm³/mol. The van der Waals surface area contributed by atoms with Gasteiger partial charge < -0.3 is 0 Å². The molecule has 5 heteroatoms. The van der Waals surface area contributed by atoms with Crippen LogP contribution in [0.5, 0.6) is 0 Å². The van der Waals surface area contributed by atoms with E-state index < -0.39 is 0 Å². The van der Waals surface area contributed by atoms with Crippen molar-refractivity contribution in [3.8, 4) is 0 Å². The maximum Gasteiger partial charge on any atom is 0.347 e. The van der Waals surface area contributed by atoms with Crippen molar-refractivity contribution in [3.05, 3.63) is 21.0 Å². The fraction of sp³-hybridized carbons (Fsp3) is 0.875. The Bertz CT molecular complexity index is 853. The van der Waals surface area contributed by atoms with Crippen LogP contribution >= 0.6 is 0 Å². The molecule has 6 saturated carbocycles. The minimum atomic E-state index is -0.0486. The topological polar surface area (TPSA) is 48.9 Å². The van der Waals surface area contributed by atoms with Gasteiger partial charge in [0.2, 0.25) is 0 Å². The standard InChI is InChI=1S/C16H17N3O2/c1-17-13(20)18-11-8-7-9(8)12(19(18)14(17)21)16-4-6-2-5(6)3-15(11,16)10(7)16/h5-12H,2-4H2,1H3. The molecule has 0 amide bonds. The van der Waals surface area contributed by atoms with E-state index in [-0.39, 0.29) is 11.4 Å². The van der Waals surface area contributed by atoms with Gasteiger partial charge in [-0.1, -0.05) is 0 Å². The fourth-order valence-electron chi connectivity index (χ4n) is 9.04. The molecule has 108 valence electrons. The zero-order valence-corrected chi connectivity index (χ0v) is 11.9. The van der Waals surface area contributed by atoms with E-state index in [1.807, 2.05) is 9.36 Å². The first-order valence-electron chi connectivity index (χ1n) is 8.54. The Labute approximate surface area is 120 Å². The van der Waals surface area contributed by atoms with Crippen molar-refractivity contribution in [2.45, 2.75) is 31.3 Å². The molecule has 8 aliphatic rings. The number of rotatable bonds is 0. The van der Waals surface area contributed by atoms with E-state index in [0.29, 0.717) is 22.9 Å². The van der Waals surface area contributed by atoms with Crippen LogP contribution in [0.15, 0.2) is 9.59 Å². The Morgan fingerprint density at radius 1 is 0.905 bits per heavy atom. The highest BCUT2D eigenvalue weighted by molar-refractivity contribution is 5.50. The summed E-state index contributed by atoms with van der Waals surface area (Å²) in [5, 5.41) is 0. The smallest absolute Gasteiger partial charge is 0.246 e. The molecule has 8 unspecified atom stereocenters. The Hall–Kier alpha value is -1.26. The largest absolute Gasteiger partial charge is 0.347 e. The highest BCUT2D eigenvalue weighted by atomic mass is 16.2. The van der Waals surface area contributed by atoms with Crippen LogP contribution in [0.3, 0.4) is 0 Å². The molecule has 6 aliphatic carbocycles. The SMILES string of the molecule is Cn1c(=O)n2n(c1=O)C1C3C4C3C3C5(CC6CC6CC135)C42. The minimum absolute atomic E-state index is 0.0486. The first kappa shape index (κ1) is 9.70. The number of hydrogen-bond donors (Lipinski definition) is 0. The second-order valence-electron chi connectivity index (χ2n) is 9.16. The van der Waals surface area contributed by atoms with Crippen molar-refractivity contribution in [3.63, 3.8) is 0 Å². The van der Waals surface area contributed by atoms with Crippen molar-refractivity contribution >= 4 is 0 Å². The van der Waals surface area contributed by atoms with Gasteiger partial charge in [0.1, 0.15) is 0 Å². The lowest BCUT2D eigenvalue weighted by Gasteiger charge is -2.50. The zero-order valence-electron chi connectivity index (χ0n) is 11.9. The van der Waals surface area contributed by atoms with Gasteiger partial charge in [-0.05, 0) is 54.8 Å². The average Bonchev–Trinajstić information content (AvgIpc) is 3.37. The Kier molecular flexibility index (Phi) is 0.979. The molecule has 3 heterocycles. The van der Waals surface area contributed by atoms with Crippen LogP contribution in [-0.2, 0) is 7.05 Å². The molecule has 0 aromatic carbocycles. The monoisotopic (exact) mass is 283 g/mol.